The van der Waals surface area contributed by atoms with Gasteiger partial charge in [-0.2, -0.15) is 0 Å². The number of para-hydroxylation sites is 2. The summed E-state index contributed by atoms with van der Waals surface area (Å²) in [5.41, 5.74) is 12.2. The monoisotopic (exact) mass is 472 g/mol. The molecule has 8 aromatic rings. The summed E-state index contributed by atoms with van der Waals surface area (Å²) in [5, 5.41) is 5.03. The maximum Gasteiger partial charge on any atom is 0.145 e. The van der Waals surface area contributed by atoms with E-state index in [4.69, 9.17) is 9.97 Å². The molecule has 0 saturated carbocycles. The van der Waals surface area contributed by atoms with Crippen molar-refractivity contribution in [2.75, 3.05) is 0 Å². The molecule has 0 radical (unpaired) electrons. The number of fused-ring (bicyclic) bond motifs is 14. The van der Waals surface area contributed by atoms with Gasteiger partial charge in [-0.15, -0.1) is 0 Å². The van der Waals surface area contributed by atoms with E-state index < -0.39 is 0 Å². The fourth-order valence-electron chi connectivity index (χ4n) is 6.62. The molecule has 0 fully saturated rings. The first-order valence-corrected chi connectivity index (χ1v) is 12.6. The fourth-order valence-corrected chi connectivity index (χ4v) is 6.62. The molecule has 1 aliphatic rings. The lowest BCUT2D eigenvalue weighted by atomic mass is 9.99. The minimum atomic E-state index is 0.878. The van der Waals surface area contributed by atoms with Crippen molar-refractivity contribution in [2.45, 2.75) is 6.42 Å². The number of rotatable bonds is 1. The molecule has 172 valence electrons. The molecule has 0 saturated heterocycles. The van der Waals surface area contributed by atoms with E-state index in [0.29, 0.717) is 0 Å². The number of hydrogen-bond acceptors (Lipinski definition) is 2. The zero-order valence-electron chi connectivity index (χ0n) is 19.9. The van der Waals surface area contributed by atoms with E-state index in [1.165, 1.54) is 60.5 Å². The second-order valence-corrected chi connectivity index (χ2v) is 9.86. The molecular weight excluding hydrogens is 452 g/mol. The second-order valence-electron chi connectivity index (χ2n) is 9.86. The molecule has 4 aromatic heterocycles. The molecule has 4 heteroatoms. The zero-order chi connectivity index (χ0) is 24.1. The summed E-state index contributed by atoms with van der Waals surface area (Å²) in [4.78, 5) is 9.61. The zero-order valence-corrected chi connectivity index (χ0v) is 19.9. The van der Waals surface area contributed by atoms with E-state index in [2.05, 4.69) is 93.9 Å². The van der Waals surface area contributed by atoms with Crippen molar-refractivity contribution in [1.82, 2.24) is 18.9 Å². The van der Waals surface area contributed by atoms with Crippen LogP contribution in [0, 0.1) is 0 Å². The van der Waals surface area contributed by atoms with Crippen molar-refractivity contribution in [3.05, 3.63) is 121 Å². The minimum absolute atomic E-state index is 0.878. The van der Waals surface area contributed by atoms with Gasteiger partial charge in [-0.05, 0) is 58.7 Å². The quantitative estimate of drug-likeness (QED) is 0.229. The third kappa shape index (κ3) is 2.37. The Morgan fingerprint density at radius 3 is 2.27 bits per heavy atom. The van der Waals surface area contributed by atoms with Gasteiger partial charge >= 0.3 is 0 Å². The topological polar surface area (TPSA) is 35.1 Å². The Bertz CT molecular complexity index is 2220. The SMILES string of the molecule is c1ccc(-n2c3ccccc3c3c4c(ccc32)-c2ccc3c5ncccc5n5ccnc5c3c2C4)cc1. The second kappa shape index (κ2) is 6.83. The maximum absolute atomic E-state index is 4.82. The van der Waals surface area contributed by atoms with Crippen molar-refractivity contribution < 1.29 is 0 Å². The molecular formula is C33H20N4. The van der Waals surface area contributed by atoms with E-state index in [-0.39, 0.29) is 0 Å². The first kappa shape index (κ1) is 19.3. The molecule has 9 rings (SSSR count). The molecule has 0 N–H and O–H groups in total. The summed E-state index contributed by atoms with van der Waals surface area (Å²) in [5.74, 6) is 0. The number of benzene rings is 4. The number of imidazole rings is 1. The molecule has 4 nitrogen and oxygen atoms in total. The van der Waals surface area contributed by atoms with Gasteiger partial charge in [0.2, 0.25) is 0 Å². The Hall–Kier alpha value is -4.96. The highest BCUT2D eigenvalue weighted by atomic mass is 15.0. The van der Waals surface area contributed by atoms with Crippen LogP contribution >= 0.6 is 0 Å². The minimum Gasteiger partial charge on any atom is -0.309 e. The highest BCUT2D eigenvalue weighted by Crippen LogP contribution is 2.47. The molecule has 0 unspecified atom stereocenters. The summed E-state index contributed by atoms with van der Waals surface area (Å²) in [6.45, 7) is 0. The van der Waals surface area contributed by atoms with Crippen molar-refractivity contribution in [1.29, 1.82) is 0 Å². The average Bonchev–Trinajstić information content (AvgIpc) is 3.67. The summed E-state index contributed by atoms with van der Waals surface area (Å²) in [6, 6.07) is 32.7. The molecule has 0 aliphatic heterocycles. The largest absolute Gasteiger partial charge is 0.309 e. The highest BCUT2D eigenvalue weighted by Gasteiger charge is 2.27. The van der Waals surface area contributed by atoms with Crippen molar-refractivity contribution in [3.63, 3.8) is 0 Å². The van der Waals surface area contributed by atoms with Crippen LogP contribution in [0.4, 0.5) is 0 Å². The summed E-state index contributed by atoms with van der Waals surface area (Å²) in [6.07, 6.45) is 6.71. The van der Waals surface area contributed by atoms with Crippen LogP contribution in [0.3, 0.4) is 0 Å². The Balaban J connectivity index is 1.41. The van der Waals surface area contributed by atoms with Gasteiger partial charge in [-0.25, -0.2) is 4.98 Å². The molecule has 0 spiro atoms. The van der Waals surface area contributed by atoms with Crippen LogP contribution in [-0.2, 0) is 6.42 Å². The third-order valence-corrected chi connectivity index (χ3v) is 8.08. The van der Waals surface area contributed by atoms with Gasteiger partial charge in [0.1, 0.15) is 5.65 Å². The van der Waals surface area contributed by atoms with Gasteiger partial charge in [0.15, 0.2) is 0 Å². The Morgan fingerprint density at radius 2 is 1.35 bits per heavy atom. The van der Waals surface area contributed by atoms with E-state index in [1.807, 2.05) is 24.7 Å². The van der Waals surface area contributed by atoms with E-state index in [0.717, 1.165) is 23.1 Å². The Kier molecular flexibility index (Phi) is 3.55. The summed E-state index contributed by atoms with van der Waals surface area (Å²) < 4.78 is 4.58. The van der Waals surface area contributed by atoms with Crippen molar-refractivity contribution in [2.24, 2.45) is 0 Å². The molecule has 4 aromatic carbocycles. The molecule has 0 atom stereocenters. The van der Waals surface area contributed by atoms with Crippen LogP contribution < -0.4 is 0 Å². The normalized spacial score (nSPS) is 12.8. The maximum atomic E-state index is 4.82. The number of nitrogens with zero attached hydrogens (tertiary/aromatic N) is 4. The van der Waals surface area contributed by atoms with Crippen LogP contribution in [0.2, 0.25) is 0 Å². The summed E-state index contributed by atoms with van der Waals surface area (Å²) >= 11 is 0. The lowest BCUT2D eigenvalue weighted by Crippen LogP contribution is -1.95. The lowest BCUT2D eigenvalue weighted by Gasteiger charge is -2.11. The van der Waals surface area contributed by atoms with Gasteiger partial charge in [0, 0.05) is 52.2 Å². The summed E-state index contributed by atoms with van der Waals surface area (Å²) in [7, 11) is 0. The van der Waals surface area contributed by atoms with Gasteiger partial charge in [-0.1, -0.05) is 54.6 Å². The van der Waals surface area contributed by atoms with Crippen LogP contribution in [-0.4, -0.2) is 18.9 Å². The first-order valence-electron chi connectivity index (χ1n) is 12.6. The van der Waals surface area contributed by atoms with Crippen molar-refractivity contribution in [3.8, 4) is 16.8 Å². The van der Waals surface area contributed by atoms with Crippen LogP contribution in [0.1, 0.15) is 11.1 Å². The van der Waals surface area contributed by atoms with Crippen LogP contribution in [0.25, 0.3) is 66.1 Å². The highest BCUT2D eigenvalue weighted by molar-refractivity contribution is 6.17. The predicted molar refractivity (Wildman–Crippen MR) is 151 cm³/mol. The van der Waals surface area contributed by atoms with E-state index in [9.17, 15) is 0 Å². The number of hydrogen-bond donors (Lipinski definition) is 0. The Morgan fingerprint density at radius 1 is 0.568 bits per heavy atom. The Labute approximate surface area is 212 Å². The average molecular weight is 473 g/mol. The molecule has 4 heterocycles. The standard InChI is InChI=1S/C33H20N4/c1-2-7-20(8-3-1)37-27-10-5-4-9-23(27)30-25-19-26-21(22(25)14-15-28(30)37)12-13-24-31(26)33-35-17-18-36(33)29-11-6-16-34-32(24)29/h1-18H,19H2. The number of pyridine rings is 2. The molecule has 0 amide bonds. The van der Waals surface area contributed by atoms with Gasteiger partial charge in [0.05, 0.1) is 22.1 Å². The molecule has 1 aliphatic carbocycles. The van der Waals surface area contributed by atoms with Crippen molar-refractivity contribution >= 4 is 49.3 Å². The van der Waals surface area contributed by atoms with E-state index in [1.54, 1.807) is 0 Å². The van der Waals surface area contributed by atoms with Gasteiger partial charge in [0.25, 0.3) is 0 Å². The van der Waals surface area contributed by atoms with Gasteiger partial charge < -0.3 is 4.57 Å². The predicted octanol–water partition coefficient (Wildman–Crippen LogP) is 7.70. The van der Waals surface area contributed by atoms with Gasteiger partial charge in [-0.3, -0.25) is 9.38 Å². The van der Waals surface area contributed by atoms with E-state index >= 15 is 0 Å². The smallest absolute Gasteiger partial charge is 0.145 e. The number of aromatic nitrogens is 4. The molecule has 0 bridgehead atoms. The lowest BCUT2D eigenvalue weighted by molar-refractivity contribution is 1.18. The van der Waals surface area contributed by atoms with Crippen LogP contribution in [0.15, 0.2) is 110 Å². The third-order valence-electron chi connectivity index (χ3n) is 8.08. The first-order chi connectivity index (χ1) is 18.4. The molecule has 37 heavy (non-hydrogen) atoms. The fraction of sp³-hybridized carbons (Fsp3) is 0.0303. The van der Waals surface area contributed by atoms with Crippen LogP contribution in [0.5, 0.6) is 0 Å².